The zero-order valence-electron chi connectivity index (χ0n) is 12.8. The molecule has 0 heterocycles. The highest BCUT2D eigenvalue weighted by atomic mass is 32.1. The summed E-state index contributed by atoms with van der Waals surface area (Å²) in [6.45, 7) is 4.50. The minimum atomic E-state index is -0.371. The fourth-order valence-corrected chi connectivity index (χ4v) is 1.71. The van der Waals surface area contributed by atoms with Gasteiger partial charge in [0.1, 0.15) is 5.75 Å². The maximum atomic E-state index is 12.0. The van der Waals surface area contributed by atoms with Crippen LogP contribution >= 0.6 is 12.2 Å². The third kappa shape index (κ3) is 6.53. The molecule has 0 fully saturated rings. The van der Waals surface area contributed by atoms with Crippen molar-refractivity contribution in [2.75, 3.05) is 6.61 Å². The van der Waals surface area contributed by atoms with Crippen molar-refractivity contribution in [1.82, 2.24) is 16.2 Å². The van der Waals surface area contributed by atoms with E-state index in [-0.39, 0.29) is 16.9 Å². The zero-order chi connectivity index (χ0) is 16.4. The van der Waals surface area contributed by atoms with Crippen molar-refractivity contribution in [1.29, 1.82) is 0 Å². The Morgan fingerprint density at radius 2 is 1.95 bits per heavy atom. The van der Waals surface area contributed by atoms with E-state index in [0.29, 0.717) is 24.3 Å². The number of hydrogen-bond acceptors (Lipinski definition) is 4. The molecule has 0 aliphatic heterocycles. The van der Waals surface area contributed by atoms with Gasteiger partial charge in [0.2, 0.25) is 5.91 Å². The first kappa shape index (κ1) is 17.9. The van der Waals surface area contributed by atoms with Crippen LogP contribution in [0.4, 0.5) is 0 Å². The lowest BCUT2D eigenvalue weighted by molar-refractivity contribution is -0.121. The van der Waals surface area contributed by atoms with E-state index in [0.717, 1.165) is 12.8 Å². The van der Waals surface area contributed by atoms with E-state index < -0.39 is 0 Å². The quantitative estimate of drug-likeness (QED) is 0.550. The van der Waals surface area contributed by atoms with Gasteiger partial charge in [0, 0.05) is 12.0 Å². The third-order valence-electron chi connectivity index (χ3n) is 2.59. The summed E-state index contributed by atoms with van der Waals surface area (Å²) < 4.78 is 5.47. The molecule has 120 valence electrons. The lowest BCUT2D eigenvalue weighted by atomic mass is 10.2. The summed E-state index contributed by atoms with van der Waals surface area (Å²) in [7, 11) is 0. The average molecular weight is 323 g/mol. The summed E-state index contributed by atoms with van der Waals surface area (Å²) in [6, 6.07) is 6.82. The van der Waals surface area contributed by atoms with E-state index in [2.05, 4.69) is 16.2 Å². The number of ether oxygens (including phenoxy) is 1. The van der Waals surface area contributed by atoms with Gasteiger partial charge < -0.3 is 4.74 Å². The van der Waals surface area contributed by atoms with Gasteiger partial charge in [-0.1, -0.05) is 19.9 Å². The Balaban J connectivity index is 2.50. The van der Waals surface area contributed by atoms with Crippen molar-refractivity contribution in [2.45, 2.75) is 33.1 Å². The Morgan fingerprint density at radius 3 is 2.64 bits per heavy atom. The van der Waals surface area contributed by atoms with Gasteiger partial charge in [0.05, 0.1) is 6.61 Å². The molecule has 1 aromatic carbocycles. The normalized spacial score (nSPS) is 9.73. The fourth-order valence-electron chi connectivity index (χ4n) is 1.57. The van der Waals surface area contributed by atoms with Crippen LogP contribution in [0.15, 0.2) is 24.3 Å². The van der Waals surface area contributed by atoms with Gasteiger partial charge in [-0.2, -0.15) is 0 Å². The van der Waals surface area contributed by atoms with E-state index in [1.807, 2.05) is 13.8 Å². The summed E-state index contributed by atoms with van der Waals surface area (Å²) in [5, 5.41) is 2.52. The first-order valence-electron chi connectivity index (χ1n) is 7.19. The monoisotopic (exact) mass is 323 g/mol. The molecule has 6 nitrogen and oxygen atoms in total. The number of carbonyl (C=O) groups is 2. The summed E-state index contributed by atoms with van der Waals surface area (Å²) >= 11 is 4.95. The summed E-state index contributed by atoms with van der Waals surface area (Å²) in [5.74, 6) is 0.0721. The van der Waals surface area contributed by atoms with Crippen LogP contribution in [0.5, 0.6) is 5.75 Å². The summed E-state index contributed by atoms with van der Waals surface area (Å²) in [4.78, 5) is 23.3. The van der Waals surface area contributed by atoms with Crippen LogP contribution in [0, 0.1) is 0 Å². The number of rotatable bonds is 6. The molecule has 0 saturated carbocycles. The van der Waals surface area contributed by atoms with Gasteiger partial charge in [-0.25, -0.2) is 0 Å². The Bertz CT molecular complexity index is 535. The highest BCUT2D eigenvalue weighted by molar-refractivity contribution is 7.80. The van der Waals surface area contributed by atoms with Gasteiger partial charge in [-0.05, 0) is 43.3 Å². The van der Waals surface area contributed by atoms with Gasteiger partial charge in [-0.3, -0.25) is 25.8 Å². The topological polar surface area (TPSA) is 79.5 Å². The van der Waals surface area contributed by atoms with Gasteiger partial charge in [0.25, 0.3) is 5.91 Å². The number of nitrogens with one attached hydrogen (secondary N) is 3. The second kappa shape index (κ2) is 9.73. The summed E-state index contributed by atoms with van der Waals surface area (Å²) in [6.07, 6.45) is 2.01. The molecule has 3 N–H and O–H groups in total. The Hall–Kier alpha value is -2.15. The molecule has 1 rings (SSSR count). The van der Waals surface area contributed by atoms with Gasteiger partial charge in [-0.15, -0.1) is 0 Å². The van der Waals surface area contributed by atoms with Crippen molar-refractivity contribution >= 4 is 29.1 Å². The predicted molar refractivity (Wildman–Crippen MR) is 88.5 cm³/mol. The van der Waals surface area contributed by atoms with Crippen LogP contribution in [-0.2, 0) is 4.79 Å². The predicted octanol–water partition coefficient (Wildman–Crippen LogP) is 1.91. The van der Waals surface area contributed by atoms with E-state index in [4.69, 9.17) is 17.0 Å². The highest BCUT2D eigenvalue weighted by Gasteiger charge is 2.09. The largest absolute Gasteiger partial charge is 0.494 e. The van der Waals surface area contributed by atoms with Crippen molar-refractivity contribution in [2.24, 2.45) is 0 Å². The molecule has 1 aromatic rings. The van der Waals surface area contributed by atoms with Crippen LogP contribution in [0.3, 0.4) is 0 Å². The van der Waals surface area contributed by atoms with Crippen LogP contribution in [0.1, 0.15) is 43.5 Å². The third-order valence-corrected chi connectivity index (χ3v) is 2.79. The Labute approximate surface area is 135 Å². The number of amides is 2. The molecule has 22 heavy (non-hydrogen) atoms. The molecule has 0 atom stereocenters. The van der Waals surface area contributed by atoms with Crippen LogP contribution < -0.4 is 20.9 Å². The first-order valence-corrected chi connectivity index (χ1v) is 7.60. The molecule has 0 radical (unpaired) electrons. The van der Waals surface area contributed by atoms with Gasteiger partial charge in [0.15, 0.2) is 5.11 Å². The first-order chi connectivity index (χ1) is 10.6. The second-order valence-corrected chi connectivity index (χ2v) is 4.99. The average Bonchev–Trinajstić information content (AvgIpc) is 2.51. The minimum Gasteiger partial charge on any atom is -0.494 e. The van der Waals surface area contributed by atoms with Crippen LogP contribution in [0.2, 0.25) is 0 Å². The standard InChI is InChI=1S/C15H21N3O3S/c1-3-6-13(19)17-18-15(22)16-14(20)11-7-5-8-12(10-11)21-9-4-2/h5,7-8,10H,3-4,6,9H2,1-2H3,(H,17,19)(H2,16,18,20,22). The molecule has 2 amide bonds. The van der Waals surface area contributed by atoms with Crippen molar-refractivity contribution in [3.05, 3.63) is 29.8 Å². The number of thiocarbonyl (C=S) groups is 1. The molecule has 7 heteroatoms. The molecular weight excluding hydrogens is 302 g/mol. The van der Waals surface area contributed by atoms with E-state index >= 15 is 0 Å². The van der Waals surface area contributed by atoms with Crippen LogP contribution in [0.25, 0.3) is 0 Å². The Kier molecular flexibility index (Phi) is 7.91. The molecule has 0 aliphatic rings. The minimum absolute atomic E-state index is 0.0364. The van der Waals surface area contributed by atoms with Crippen molar-refractivity contribution in [3.8, 4) is 5.75 Å². The fraction of sp³-hybridized carbons (Fsp3) is 0.400. The molecule has 0 aliphatic carbocycles. The number of hydrogen-bond donors (Lipinski definition) is 3. The molecule has 0 saturated heterocycles. The number of benzene rings is 1. The lowest BCUT2D eigenvalue weighted by Gasteiger charge is -2.11. The summed E-state index contributed by atoms with van der Waals surface area (Å²) in [5.41, 5.74) is 5.32. The number of hydrazine groups is 1. The van der Waals surface area contributed by atoms with E-state index in [1.54, 1.807) is 24.3 Å². The smallest absolute Gasteiger partial charge is 0.257 e. The van der Waals surface area contributed by atoms with Gasteiger partial charge >= 0.3 is 0 Å². The van der Waals surface area contributed by atoms with E-state index in [1.165, 1.54) is 0 Å². The Morgan fingerprint density at radius 1 is 1.18 bits per heavy atom. The number of carbonyl (C=O) groups excluding carboxylic acids is 2. The lowest BCUT2D eigenvalue weighted by Crippen LogP contribution is -2.48. The molecule has 0 unspecified atom stereocenters. The molecular formula is C15H21N3O3S. The molecule has 0 spiro atoms. The SMILES string of the molecule is CCCOc1cccc(C(=O)NC(=S)NNC(=O)CCC)c1. The highest BCUT2D eigenvalue weighted by Crippen LogP contribution is 2.13. The zero-order valence-corrected chi connectivity index (χ0v) is 13.6. The van der Waals surface area contributed by atoms with Crippen molar-refractivity contribution < 1.29 is 14.3 Å². The van der Waals surface area contributed by atoms with E-state index in [9.17, 15) is 9.59 Å². The van der Waals surface area contributed by atoms with Crippen LogP contribution in [-0.4, -0.2) is 23.5 Å². The van der Waals surface area contributed by atoms with Crippen molar-refractivity contribution in [3.63, 3.8) is 0 Å². The maximum Gasteiger partial charge on any atom is 0.257 e. The second-order valence-electron chi connectivity index (χ2n) is 4.58. The molecule has 0 aromatic heterocycles. The molecule has 0 bridgehead atoms. The maximum absolute atomic E-state index is 12.0.